The molecule has 4 rings (SSSR count). The highest BCUT2D eigenvalue weighted by molar-refractivity contribution is 7.89. The normalized spacial score (nSPS) is 14.6. The van der Waals surface area contributed by atoms with Crippen molar-refractivity contribution in [1.29, 1.82) is 0 Å². The molecule has 2 aromatic carbocycles. The van der Waals surface area contributed by atoms with Crippen LogP contribution in [0.2, 0.25) is 0 Å². The van der Waals surface area contributed by atoms with Gasteiger partial charge in [-0.05, 0) is 30.2 Å². The summed E-state index contributed by atoms with van der Waals surface area (Å²) < 4.78 is 40.2. The lowest BCUT2D eigenvalue weighted by Crippen LogP contribution is -2.47. The summed E-state index contributed by atoms with van der Waals surface area (Å²) in [7, 11) is -3.96. The zero-order valence-electron chi connectivity index (χ0n) is 16.4. The van der Waals surface area contributed by atoms with Crippen LogP contribution in [0, 0.1) is 5.92 Å². The molecule has 1 unspecified atom stereocenters. The first kappa shape index (κ1) is 20.6. The second-order valence-corrected chi connectivity index (χ2v) is 9.87. The van der Waals surface area contributed by atoms with Gasteiger partial charge in [-0.2, -0.15) is 4.72 Å². The second kappa shape index (κ2) is 8.21. The predicted octanol–water partition coefficient (Wildman–Crippen LogP) is 3.01. The minimum atomic E-state index is -3.96. The van der Waals surface area contributed by atoms with Crippen molar-refractivity contribution < 1.29 is 22.7 Å². The number of fused-ring (bicyclic) bond motifs is 2. The lowest BCUT2D eigenvalue weighted by molar-refractivity contribution is -0.118. The largest absolute Gasteiger partial charge is 0.486 e. The van der Waals surface area contributed by atoms with Crippen molar-refractivity contribution in [3.63, 3.8) is 0 Å². The van der Waals surface area contributed by atoms with Crippen LogP contribution in [0.4, 0.5) is 5.13 Å². The SMILES string of the molecule is CC(C)C(NS(=O)(=O)c1ccc2c(c1)OCCO2)C(=O)Nc1nc2ccccc2s1. The molecule has 0 aliphatic carbocycles. The van der Waals surface area contributed by atoms with E-state index < -0.39 is 22.0 Å². The van der Waals surface area contributed by atoms with Crippen molar-refractivity contribution in [2.45, 2.75) is 24.8 Å². The quantitative estimate of drug-likeness (QED) is 0.602. The summed E-state index contributed by atoms with van der Waals surface area (Å²) in [4.78, 5) is 17.2. The number of ether oxygens (including phenoxy) is 2. The van der Waals surface area contributed by atoms with E-state index in [9.17, 15) is 13.2 Å². The summed E-state index contributed by atoms with van der Waals surface area (Å²) in [5, 5.41) is 3.16. The fraction of sp³-hybridized carbons (Fsp3) is 0.300. The number of carbonyl (C=O) groups is 1. The van der Waals surface area contributed by atoms with Gasteiger partial charge in [0.25, 0.3) is 0 Å². The first-order chi connectivity index (χ1) is 14.3. The van der Waals surface area contributed by atoms with E-state index >= 15 is 0 Å². The van der Waals surface area contributed by atoms with Crippen molar-refractivity contribution in [3.05, 3.63) is 42.5 Å². The number of carbonyl (C=O) groups excluding carboxylic acids is 1. The molecule has 0 bridgehead atoms. The summed E-state index contributed by atoms with van der Waals surface area (Å²) in [5.74, 6) is 0.106. The van der Waals surface area contributed by atoms with Gasteiger partial charge in [0.05, 0.1) is 15.1 Å². The van der Waals surface area contributed by atoms with Gasteiger partial charge >= 0.3 is 0 Å². The number of benzene rings is 2. The molecule has 158 valence electrons. The van der Waals surface area contributed by atoms with Gasteiger partial charge < -0.3 is 14.8 Å². The summed E-state index contributed by atoms with van der Waals surface area (Å²) in [6, 6.07) is 10.9. The van der Waals surface area contributed by atoms with Crippen LogP contribution in [-0.4, -0.2) is 38.6 Å². The molecule has 2 heterocycles. The maximum Gasteiger partial charge on any atom is 0.244 e. The number of hydrogen-bond acceptors (Lipinski definition) is 7. The van der Waals surface area contributed by atoms with Gasteiger partial charge in [0.2, 0.25) is 15.9 Å². The number of para-hydroxylation sites is 1. The van der Waals surface area contributed by atoms with Crippen LogP contribution >= 0.6 is 11.3 Å². The highest BCUT2D eigenvalue weighted by Crippen LogP contribution is 2.32. The van der Waals surface area contributed by atoms with Crippen molar-refractivity contribution in [2.24, 2.45) is 5.92 Å². The molecule has 0 radical (unpaired) electrons. The number of anilines is 1. The highest BCUT2D eigenvalue weighted by Gasteiger charge is 2.30. The first-order valence-corrected chi connectivity index (χ1v) is 11.7. The molecule has 30 heavy (non-hydrogen) atoms. The summed E-state index contributed by atoms with van der Waals surface area (Å²) >= 11 is 1.33. The number of rotatable bonds is 6. The zero-order chi connectivity index (χ0) is 21.3. The highest BCUT2D eigenvalue weighted by atomic mass is 32.2. The molecule has 0 saturated heterocycles. The van der Waals surface area contributed by atoms with Crippen molar-refractivity contribution in [1.82, 2.24) is 9.71 Å². The fourth-order valence-electron chi connectivity index (χ4n) is 3.03. The van der Waals surface area contributed by atoms with Gasteiger partial charge in [0, 0.05) is 6.07 Å². The van der Waals surface area contributed by atoms with E-state index in [0.717, 1.165) is 10.2 Å². The average molecular weight is 448 g/mol. The Kier molecular flexibility index (Phi) is 5.63. The van der Waals surface area contributed by atoms with Crippen molar-refractivity contribution in [3.8, 4) is 11.5 Å². The fourth-order valence-corrected chi connectivity index (χ4v) is 5.25. The number of thiazole rings is 1. The molecular formula is C20H21N3O5S2. The maximum atomic E-state index is 12.9. The number of hydrogen-bond donors (Lipinski definition) is 2. The van der Waals surface area contributed by atoms with E-state index in [1.807, 2.05) is 24.3 Å². The third kappa shape index (κ3) is 4.25. The molecule has 1 atom stereocenters. The van der Waals surface area contributed by atoms with Crippen LogP contribution in [0.1, 0.15) is 13.8 Å². The van der Waals surface area contributed by atoms with Crippen LogP contribution in [0.5, 0.6) is 11.5 Å². The van der Waals surface area contributed by atoms with E-state index in [0.29, 0.717) is 29.8 Å². The minimum Gasteiger partial charge on any atom is -0.486 e. The smallest absolute Gasteiger partial charge is 0.244 e. The molecule has 3 aromatic rings. The lowest BCUT2D eigenvalue weighted by Gasteiger charge is -2.22. The van der Waals surface area contributed by atoms with Crippen LogP contribution < -0.4 is 19.5 Å². The molecule has 2 N–H and O–H groups in total. The van der Waals surface area contributed by atoms with Gasteiger partial charge in [0.15, 0.2) is 16.6 Å². The molecule has 1 aliphatic heterocycles. The number of aromatic nitrogens is 1. The maximum absolute atomic E-state index is 12.9. The molecule has 1 aromatic heterocycles. The van der Waals surface area contributed by atoms with Crippen molar-refractivity contribution >= 4 is 42.6 Å². The molecule has 0 fully saturated rings. The van der Waals surface area contributed by atoms with Gasteiger partial charge in [-0.3, -0.25) is 4.79 Å². The Bertz CT molecular complexity index is 1160. The molecular weight excluding hydrogens is 426 g/mol. The van der Waals surface area contributed by atoms with Crippen LogP contribution in [-0.2, 0) is 14.8 Å². The molecule has 1 amide bonds. The van der Waals surface area contributed by atoms with Crippen LogP contribution in [0.25, 0.3) is 10.2 Å². The third-order valence-corrected chi connectivity index (χ3v) is 6.97. The molecule has 10 heteroatoms. The molecule has 1 aliphatic rings. The number of amides is 1. The van der Waals surface area contributed by atoms with Crippen LogP contribution in [0.15, 0.2) is 47.4 Å². The number of nitrogens with zero attached hydrogens (tertiary/aromatic N) is 1. The monoisotopic (exact) mass is 447 g/mol. The van der Waals surface area contributed by atoms with Crippen molar-refractivity contribution in [2.75, 3.05) is 18.5 Å². The average Bonchev–Trinajstić information content (AvgIpc) is 3.13. The van der Waals surface area contributed by atoms with E-state index in [-0.39, 0.29) is 10.8 Å². The van der Waals surface area contributed by atoms with E-state index in [1.54, 1.807) is 19.9 Å². The molecule has 0 saturated carbocycles. The Hall–Kier alpha value is -2.69. The topological polar surface area (TPSA) is 107 Å². The van der Waals surface area contributed by atoms with E-state index in [4.69, 9.17) is 9.47 Å². The van der Waals surface area contributed by atoms with E-state index in [2.05, 4.69) is 15.0 Å². The standard InChI is InChI=1S/C20H21N3O5S2/c1-12(2)18(19(24)22-20-21-14-5-3-4-6-17(14)29-20)23-30(25,26)13-7-8-15-16(11-13)28-10-9-27-15/h3-8,11-12,18,23H,9-10H2,1-2H3,(H,21,22,24). The van der Waals surface area contributed by atoms with Crippen LogP contribution in [0.3, 0.4) is 0 Å². The summed E-state index contributed by atoms with van der Waals surface area (Å²) in [6.45, 7) is 4.31. The van der Waals surface area contributed by atoms with Gasteiger partial charge in [-0.1, -0.05) is 37.3 Å². The summed E-state index contributed by atoms with van der Waals surface area (Å²) in [6.07, 6.45) is 0. The van der Waals surface area contributed by atoms with Gasteiger partial charge in [0.1, 0.15) is 19.3 Å². The Labute approximate surface area is 178 Å². The Balaban J connectivity index is 1.54. The first-order valence-electron chi connectivity index (χ1n) is 9.42. The van der Waals surface area contributed by atoms with E-state index in [1.165, 1.54) is 23.5 Å². The Morgan fingerprint density at radius 2 is 1.83 bits per heavy atom. The minimum absolute atomic E-state index is 0.00480. The van der Waals surface area contributed by atoms with Gasteiger partial charge in [-0.25, -0.2) is 13.4 Å². The predicted molar refractivity (Wildman–Crippen MR) is 115 cm³/mol. The van der Waals surface area contributed by atoms with Gasteiger partial charge in [-0.15, -0.1) is 0 Å². The summed E-state index contributed by atoms with van der Waals surface area (Å²) in [5.41, 5.74) is 0.774. The molecule has 0 spiro atoms. The number of sulfonamides is 1. The Morgan fingerprint density at radius 3 is 2.57 bits per heavy atom. The number of nitrogens with one attached hydrogen (secondary N) is 2. The lowest BCUT2D eigenvalue weighted by atomic mass is 10.1. The zero-order valence-corrected chi connectivity index (χ0v) is 18.0. The molecule has 8 nitrogen and oxygen atoms in total. The third-order valence-electron chi connectivity index (χ3n) is 4.58. The second-order valence-electron chi connectivity index (χ2n) is 7.12. The Morgan fingerprint density at radius 1 is 1.10 bits per heavy atom.